The number of aryl methyl sites for hydroxylation is 2. The lowest BCUT2D eigenvalue weighted by atomic mass is 9.86. The average molecular weight is 362 g/mol. The number of carbonyl (C=O) groups excluding carboxylic acids is 2. The molecule has 0 atom stereocenters. The first kappa shape index (κ1) is 19.9. The largest absolute Gasteiger partial charge is 0.456 e. The third-order valence-electron chi connectivity index (χ3n) is 4.93. The highest BCUT2D eigenvalue weighted by Crippen LogP contribution is 2.28. The molecule has 1 aromatic rings. The maximum Gasteiger partial charge on any atom is 0.306 e. The lowest BCUT2D eigenvalue weighted by Gasteiger charge is -2.20. The Kier molecular flexibility index (Phi) is 7.12. The van der Waals surface area contributed by atoms with Gasteiger partial charge in [-0.15, -0.1) is 0 Å². The Labute approximate surface area is 153 Å². The predicted octanol–water partition coefficient (Wildman–Crippen LogP) is 4.05. The molecule has 0 radical (unpaired) electrons. The molecule has 0 unspecified atom stereocenters. The van der Waals surface area contributed by atoms with Gasteiger partial charge in [0.1, 0.15) is 5.69 Å². The summed E-state index contributed by atoms with van der Waals surface area (Å²) in [4.78, 5) is 34.4. The average Bonchev–Trinajstić information content (AvgIpc) is 2.61. The molecule has 1 fully saturated rings. The van der Waals surface area contributed by atoms with Crippen LogP contribution in [-0.2, 0) is 14.3 Å². The normalized spacial score (nSPS) is 14.7. The van der Waals surface area contributed by atoms with E-state index < -0.39 is 23.4 Å². The number of nitro groups is 1. The Bertz CT molecular complexity index is 681. The molecule has 0 aliphatic heterocycles. The molecule has 0 bridgehead atoms. The van der Waals surface area contributed by atoms with Crippen molar-refractivity contribution in [3.05, 3.63) is 33.4 Å². The lowest BCUT2D eigenvalue weighted by Crippen LogP contribution is -2.22. The number of hydrogen-bond acceptors (Lipinski definition) is 5. The number of nitrogens with one attached hydrogen (secondary N) is 1. The molecule has 26 heavy (non-hydrogen) atoms. The van der Waals surface area contributed by atoms with Crippen LogP contribution in [0.2, 0.25) is 0 Å². The van der Waals surface area contributed by atoms with Crippen LogP contribution in [0, 0.1) is 29.9 Å². The monoisotopic (exact) mass is 362 g/mol. The van der Waals surface area contributed by atoms with Crippen LogP contribution >= 0.6 is 0 Å². The molecule has 7 heteroatoms. The number of ether oxygens (including phenoxy) is 1. The van der Waals surface area contributed by atoms with Crippen molar-refractivity contribution >= 4 is 23.3 Å². The quantitative estimate of drug-likeness (QED) is 0.448. The van der Waals surface area contributed by atoms with Gasteiger partial charge in [-0.3, -0.25) is 19.7 Å². The van der Waals surface area contributed by atoms with Crippen molar-refractivity contribution in [1.82, 2.24) is 0 Å². The highest BCUT2D eigenvalue weighted by molar-refractivity contribution is 5.95. The molecule has 7 nitrogen and oxygen atoms in total. The summed E-state index contributed by atoms with van der Waals surface area (Å²) in [6, 6.07) is 2.97. The second kappa shape index (κ2) is 9.31. The molecule has 1 amide bonds. The summed E-state index contributed by atoms with van der Waals surface area (Å²) >= 11 is 0. The van der Waals surface area contributed by atoms with Gasteiger partial charge in [0.15, 0.2) is 6.61 Å². The summed E-state index contributed by atoms with van der Waals surface area (Å²) in [7, 11) is 0. The Hall–Kier alpha value is -2.44. The molecular weight excluding hydrogens is 336 g/mol. The number of nitrogens with zero attached hydrogens (tertiary/aromatic N) is 1. The highest BCUT2D eigenvalue weighted by Gasteiger charge is 2.19. The summed E-state index contributed by atoms with van der Waals surface area (Å²) in [6.45, 7) is 3.13. The second-order valence-electron chi connectivity index (χ2n) is 6.96. The fourth-order valence-corrected chi connectivity index (χ4v) is 3.25. The third kappa shape index (κ3) is 5.82. The summed E-state index contributed by atoms with van der Waals surface area (Å²) in [5, 5.41) is 13.6. The molecule has 0 spiro atoms. The SMILES string of the molecule is Cc1cc(NC(=O)COC(=O)CCC2CCCCC2)c([N+](=O)[O-])cc1C. The van der Waals surface area contributed by atoms with Crippen LogP contribution in [0.4, 0.5) is 11.4 Å². The van der Waals surface area contributed by atoms with Gasteiger partial charge in [0.05, 0.1) is 4.92 Å². The minimum Gasteiger partial charge on any atom is -0.456 e. The van der Waals surface area contributed by atoms with E-state index in [9.17, 15) is 19.7 Å². The van der Waals surface area contributed by atoms with Crippen molar-refractivity contribution in [2.75, 3.05) is 11.9 Å². The van der Waals surface area contributed by atoms with Crippen molar-refractivity contribution in [3.8, 4) is 0 Å². The molecule has 0 heterocycles. The van der Waals surface area contributed by atoms with E-state index in [1.54, 1.807) is 19.9 Å². The van der Waals surface area contributed by atoms with E-state index in [0.29, 0.717) is 12.3 Å². The first-order valence-electron chi connectivity index (χ1n) is 9.08. The fraction of sp³-hybridized carbons (Fsp3) is 0.579. The van der Waals surface area contributed by atoms with E-state index in [1.165, 1.54) is 25.3 Å². The number of anilines is 1. The molecule has 1 aliphatic rings. The van der Waals surface area contributed by atoms with E-state index in [2.05, 4.69) is 5.32 Å². The number of hydrogen-bond donors (Lipinski definition) is 1. The smallest absolute Gasteiger partial charge is 0.306 e. The van der Waals surface area contributed by atoms with Gasteiger partial charge >= 0.3 is 5.97 Å². The van der Waals surface area contributed by atoms with Gasteiger partial charge in [-0.1, -0.05) is 32.1 Å². The van der Waals surface area contributed by atoms with Gasteiger partial charge in [0.2, 0.25) is 0 Å². The summed E-state index contributed by atoms with van der Waals surface area (Å²) in [5.74, 6) is -0.411. The first-order chi connectivity index (χ1) is 12.4. The van der Waals surface area contributed by atoms with Crippen molar-refractivity contribution in [3.63, 3.8) is 0 Å². The number of nitro benzene ring substituents is 1. The van der Waals surface area contributed by atoms with Gasteiger partial charge in [0, 0.05) is 12.5 Å². The maximum absolute atomic E-state index is 12.0. The molecule has 1 aromatic carbocycles. The molecular formula is C19H26N2O5. The van der Waals surface area contributed by atoms with Gasteiger partial charge in [-0.2, -0.15) is 0 Å². The zero-order valence-corrected chi connectivity index (χ0v) is 15.4. The van der Waals surface area contributed by atoms with E-state index in [0.717, 1.165) is 30.4 Å². The topological polar surface area (TPSA) is 98.5 Å². The zero-order valence-electron chi connectivity index (χ0n) is 15.4. The number of rotatable bonds is 7. The van der Waals surface area contributed by atoms with Gasteiger partial charge < -0.3 is 10.1 Å². The van der Waals surface area contributed by atoms with Crippen LogP contribution in [0.1, 0.15) is 56.1 Å². The number of esters is 1. The molecule has 1 aliphatic carbocycles. The summed E-state index contributed by atoms with van der Waals surface area (Å²) < 4.78 is 5.00. The Morgan fingerprint density at radius 1 is 1.19 bits per heavy atom. The molecule has 1 saturated carbocycles. The van der Waals surface area contributed by atoms with E-state index in [1.807, 2.05) is 0 Å². The number of carbonyl (C=O) groups is 2. The molecule has 142 valence electrons. The Balaban J connectivity index is 1.82. The van der Waals surface area contributed by atoms with E-state index in [4.69, 9.17) is 4.74 Å². The lowest BCUT2D eigenvalue weighted by molar-refractivity contribution is -0.384. The Morgan fingerprint density at radius 2 is 1.85 bits per heavy atom. The van der Waals surface area contributed by atoms with Gasteiger partial charge in [0.25, 0.3) is 11.6 Å². The molecule has 1 N–H and O–H groups in total. The van der Waals surface area contributed by atoms with Crippen LogP contribution in [0.25, 0.3) is 0 Å². The van der Waals surface area contributed by atoms with Crippen LogP contribution in [0.15, 0.2) is 12.1 Å². The highest BCUT2D eigenvalue weighted by atomic mass is 16.6. The second-order valence-corrected chi connectivity index (χ2v) is 6.96. The van der Waals surface area contributed by atoms with Gasteiger partial charge in [-0.05, 0) is 43.4 Å². The van der Waals surface area contributed by atoms with Crippen LogP contribution in [0.5, 0.6) is 0 Å². The van der Waals surface area contributed by atoms with Crippen LogP contribution in [0.3, 0.4) is 0 Å². The van der Waals surface area contributed by atoms with Crippen molar-refractivity contribution in [2.24, 2.45) is 5.92 Å². The van der Waals surface area contributed by atoms with Crippen LogP contribution < -0.4 is 5.32 Å². The maximum atomic E-state index is 12.0. The zero-order chi connectivity index (χ0) is 19.1. The van der Waals surface area contributed by atoms with Crippen molar-refractivity contribution in [1.29, 1.82) is 0 Å². The minimum atomic E-state index is -0.581. The van der Waals surface area contributed by atoms with Gasteiger partial charge in [-0.25, -0.2) is 0 Å². The predicted molar refractivity (Wildman–Crippen MR) is 98.0 cm³/mol. The number of amides is 1. The molecule has 2 rings (SSSR count). The standard InChI is InChI=1S/C19H26N2O5/c1-13-10-16(17(21(24)25)11-14(13)2)20-18(22)12-26-19(23)9-8-15-6-4-3-5-7-15/h10-11,15H,3-9,12H2,1-2H3,(H,20,22). The number of benzene rings is 1. The third-order valence-corrected chi connectivity index (χ3v) is 4.93. The summed E-state index contributed by atoms with van der Waals surface area (Å²) in [6.07, 6.45) is 7.12. The summed E-state index contributed by atoms with van der Waals surface area (Å²) in [5.41, 5.74) is 1.53. The Morgan fingerprint density at radius 3 is 2.50 bits per heavy atom. The van der Waals surface area contributed by atoms with E-state index >= 15 is 0 Å². The van der Waals surface area contributed by atoms with E-state index in [-0.39, 0.29) is 11.4 Å². The van der Waals surface area contributed by atoms with Crippen molar-refractivity contribution < 1.29 is 19.2 Å². The molecule has 0 aromatic heterocycles. The van der Waals surface area contributed by atoms with Crippen molar-refractivity contribution in [2.45, 2.75) is 58.8 Å². The fourth-order valence-electron chi connectivity index (χ4n) is 3.25. The van der Waals surface area contributed by atoms with Crippen LogP contribution in [-0.4, -0.2) is 23.4 Å². The minimum absolute atomic E-state index is 0.112. The molecule has 0 saturated heterocycles. The first-order valence-corrected chi connectivity index (χ1v) is 9.08.